The van der Waals surface area contributed by atoms with E-state index in [1.54, 1.807) is 6.07 Å². The molecule has 0 aromatic heterocycles. The summed E-state index contributed by atoms with van der Waals surface area (Å²) in [5.74, 6) is -1.46. The predicted octanol–water partition coefficient (Wildman–Crippen LogP) is 2.18. The first-order valence-electron chi connectivity index (χ1n) is 8.81. The topological polar surface area (TPSA) is 61.4 Å². The summed E-state index contributed by atoms with van der Waals surface area (Å²) in [5, 5.41) is 5.72. The molecule has 5 nitrogen and oxygen atoms in total. The highest BCUT2D eigenvalue weighted by Gasteiger charge is 2.31. The number of carbonyl (C=O) groups excluding carboxylic acids is 2. The minimum atomic E-state index is -0.689. The van der Waals surface area contributed by atoms with Crippen LogP contribution in [0.25, 0.3) is 0 Å². The van der Waals surface area contributed by atoms with Crippen molar-refractivity contribution in [1.29, 1.82) is 0 Å². The highest BCUT2D eigenvalue weighted by atomic mass is 19.1. The van der Waals surface area contributed by atoms with Gasteiger partial charge in [0.05, 0.1) is 5.56 Å². The fourth-order valence-corrected chi connectivity index (χ4v) is 3.25. The molecule has 0 bridgehead atoms. The first-order valence-corrected chi connectivity index (χ1v) is 8.81. The summed E-state index contributed by atoms with van der Waals surface area (Å²) in [6.07, 6.45) is 2.89. The molecule has 25 heavy (non-hydrogen) atoms. The van der Waals surface area contributed by atoms with E-state index < -0.39 is 17.8 Å². The standard InChI is InChI=1S/C19H28FN3O2/c1-12(2)17(22-18(24)15-7-5-6-8-16(15)20)19(25)21-13-9-10-14(11-13)23(3)4/h5-8,12-14,17H,9-11H2,1-4H3,(H,21,25)(H,22,24)/t13-,14-,17+/m1/s1. The van der Waals surface area contributed by atoms with Crippen LogP contribution in [0.5, 0.6) is 0 Å². The Bertz CT molecular complexity index is 618. The Labute approximate surface area is 149 Å². The SMILES string of the molecule is CC(C)[C@H](NC(=O)c1ccccc1F)C(=O)N[C@@H]1CC[C@@H](N(C)C)C1. The van der Waals surface area contributed by atoms with E-state index in [2.05, 4.69) is 15.5 Å². The number of halogens is 1. The summed E-state index contributed by atoms with van der Waals surface area (Å²) >= 11 is 0. The van der Waals surface area contributed by atoms with E-state index in [-0.39, 0.29) is 23.4 Å². The Kier molecular flexibility index (Phi) is 6.53. The molecule has 6 heteroatoms. The maximum atomic E-state index is 13.8. The molecule has 0 aliphatic heterocycles. The molecule has 2 rings (SSSR count). The largest absolute Gasteiger partial charge is 0.352 e. The molecule has 1 saturated carbocycles. The van der Waals surface area contributed by atoms with Crippen LogP contribution < -0.4 is 10.6 Å². The Hall–Kier alpha value is -1.95. The molecule has 1 aliphatic rings. The quantitative estimate of drug-likeness (QED) is 0.827. The monoisotopic (exact) mass is 349 g/mol. The molecular formula is C19H28FN3O2. The van der Waals surface area contributed by atoms with Crippen LogP contribution in [0.2, 0.25) is 0 Å². The highest BCUT2D eigenvalue weighted by Crippen LogP contribution is 2.22. The number of carbonyl (C=O) groups is 2. The Morgan fingerprint density at radius 1 is 1.20 bits per heavy atom. The molecule has 0 saturated heterocycles. The lowest BCUT2D eigenvalue weighted by Gasteiger charge is -2.24. The molecule has 1 aromatic carbocycles. The molecule has 138 valence electrons. The number of nitrogens with one attached hydrogen (secondary N) is 2. The number of hydrogen-bond acceptors (Lipinski definition) is 3. The lowest BCUT2D eigenvalue weighted by atomic mass is 10.0. The maximum absolute atomic E-state index is 13.8. The van der Waals surface area contributed by atoms with Gasteiger partial charge in [-0.1, -0.05) is 26.0 Å². The molecule has 0 unspecified atom stereocenters. The molecule has 0 heterocycles. The Morgan fingerprint density at radius 3 is 2.44 bits per heavy atom. The van der Waals surface area contributed by atoms with Gasteiger partial charge in [0.25, 0.3) is 5.91 Å². The molecule has 2 N–H and O–H groups in total. The van der Waals surface area contributed by atoms with E-state index in [0.717, 1.165) is 19.3 Å². The molecule has 1 aliphatic carbocycles. The summed E-state index contributed by atoms with van der Waals surface area (Å²) < 4.78 is 13.8. The molecule has 2 amide bonds. The Balaban J connectivity index is 1.99. The zero-order valence-corrected chi connectivity index (χ0v) is 15.4. The van der Waals surface area contributed by atoms with Gasteiger partial charge in [0.15, 0.2) is 0 Å². The minimum Gasteiger partial charge on any atom is -0.352 e. The van der Waals surface area contributed by atoms with Gasteiger partial charge in [-0.15, -0.1) is 0 Å². The summed E-state index contributed by atoms with van der Waals surface area (Å²) in [4.78, 5) is 27.1. The van der Waals surface area contributed by atoms with E-state index in [4.69, 9.17) is 0 Å². The van der Waals surface area contributed by atoms with Crippen molar-refractivity contribution >= 4 is 11.8 Å². The third-order valence-electron chi connectivity index (χ3n) is 4.84. The van der Waals surface area contributed by atoms with Crippen molar-refractivity contribution in [2.24, 2.45) is 5.92 Å². The average Bonchev–Trinajstić information content (AvgIpc) is 3.01. The second-order valence-electron chi connectivity index (χ2n) is 7.31. The second kappa shape index (κ2) is 8.43. The van der Waals surface area contributed by atoms with Gasteiger partial charge in [0, 0.05) is 12.1 Å². The van der Waals surface area contributed by atoms with Crippen LogP contribution in [-0.4, -0.2) is 48.9 Å². The van der Waals surface area contributed by atoms with Crippen LogP contribution in [0.3, 0.4) is 0 Å². The number of amides is 2. The van der Waals surface area contributed by atoms with E-state index in [1.807, 2.05) is 27.9 Å². The van der Waals surface area contributed by atoms with Gasteiger partial charge in [0.2, 0.25) is 5.91 Å². The van der Waals surface area contributed by atoms with Gasteiger partial charge in [0.1, 0.15) is 11.9 Å². The first-order chi connectivity index (χ1) is 11.8. The summed E-state index contributed by atoms with van der Waals surface area (Å²) in [7, 11) is 4.08. The van der Waals surface area contributed by atoms with Gasteiger partial charge in [-0.05, 0) is 51.4 Å². The zero-order chi connectivity index (χ0) is 18.6. The first kappa shape index (κ1) is 19.4. The molecule has 3 atom stereocenters. The van der Waals surface area contributed by atoms with Crippen molar-refractivity contribution in [1.82, 2.24) is 15.5 Å². The molecule has 1 fully saturated rings. The van der Waals surface area contributed by atoms with Crippen molar-refractivity contribution in [2.75, 3.05) is 14.1 Å². The number of benzene rings is 1. The molecule has 0 radical (unpaired) electrons. The van der Waals surface area contributed by atoms with Gasteiger partial charge < -0.3 is 15.5 Å². The van der Waals surface area contributed by atoms with Crippen LogP contribution in [0.4, 0.5) is 4.39 Å². The smallest absolute Gasteiger partial charge is 0.254 e. The van der Waals surface area contributed by atoms with E-state index >= 15 is 0 Å². The van der Waals surface area contributed by atoms with Crippen LogP contribution in [0.1, 0.15) is 43.5 Å². The molecule has 0 spiro atoms. The van der Waals surface area contributed by atoms with E-state index in [9.17, 15) is 14.0 Å². The van der Waals surface area contributed by atoms with Crippen LogP contribution >= 0.6 is 0 Å². The fourth-order valence-electron chi connectivity index (χ4n) is 3.25. The zero-order valence-electron chi connectivity index (χ0n) is 15.4. The lowest BCUT2D eigenvalue weighted by molar-refractivity contribution is -0.124. The number of nitrogens with zero attached hydrogens (tertiary/aromatic N) is 1. The lowest BCUT2D eigenvalue weighted by Crippen LogP contribution is -2.52. The van der Waals surface area contributed by atoms with Gasteiger partial charge in [-0.25, -0.2) is 4.39 Å². The van der Waals surface area contributed by atoms with Gasteiger partial charge in [-0.3, -0.25) is 9.59 Å². The van der Waals surface area contributed by atoms with Crippen LogP contribution in [0.15, 0.2) is 24.3 Å². The second-order valence-corrected chi connectivity index (χ2v) is 7.31. The normalized spacial score (nSPS) is 21.4. The van der Waals surface area contributed by atoms with Gasteiger partial charge in [-0.2, -0.15) is 0 Å². The average molecular weight is 349 g/mol. The molecular weight excluding hydrogens is 321 g/mol. The van der Waals surface area contributed by atoms with E-state index in [0.29, 0.717) is 6.04 Å². The number of rotatable bonds is 6. The third-order valence-corrected chi connectivity index (χ3v) is 4.84. The Morgan fingerprint density at radius 2 is 1.88 bits per heavy atom. The summed E-state index contributed by atoms with van der Waals surface area (Å²) in [5.41, 5.74) is -0.0468. The fraction of sp³-hybridized carbons (Fsp3) is 0.579. The summed E-state index contributed by atoms with van der Waals surface area (Å²) in [6, 6.07) is 5.67. The van der Waals surface area contributed by atoms with Crippen LogP contribution in [-0.2, 0) is 4.79 Å². The van der Waals surface area contributed by atoms with Crippen molar-refractivity contribution < 1.29 is 14.0 Å². The van der Waals surface area contributed by atoms with Gasteiger partial charge >= 0.3 is 0 Å². The van der Waals surface area contributed by atoms with Crippen molar-refractivity contribution in [3.63, 3.8) is 0 Å². The third kappa shape index (κ3) is 5.01. The molecule has 1 aromatic rings. The number of hydrogen-bond donors (Lipinski definition) is 2. The van der Waals surface area contributed by atoms with E-state index in [1.165, 1.54) is 18.2 Å². The van der Waals surface area contributed by atoms with Crippen molar-refractivity contribution in [3.8, 4) is 0 Å². The predicted molar refractivity (Wildman–Crippen MR) is 95.7 cm³/mol. The van der Waals surface area contributed by atoms with Crippen molar-refractivity contribution in [3.05, 3.63) is 35.6 Å². The minimum absolute atomic E-state index is 0.0468. The highest BCUT2D eigenvalue weighted by molar-refractivity contribution is 5.97. The van der Waals surface area contributed by atoms with Crippen molar-refractivity contribution in [2.45, 2.75) is 51.2 Å². The van der Waals surface area contributed by atoms with Crippen LogP contribution in [0, 0.1) is 11.7 Å². The summed E-state index contributed by atoms with van der Waals surface area (Å²) in [6.45, 7) is 3.73. The maximum Gasteiger partial charge on any atom is 0.254 e.